The molecular weight excluding hydrogens is 370 g/mol. The summed E-state index contributed by atoms with van der Waals surface area (Å²) >= 11 is 0. The van der Waals surface area contributed by atoms with Gasteiger partial charge in [-0.3, -0.25) is 9.59 Å². The van der Waals surface area contributed by atoms with Crippen LogP contribution in [0.1, 0.15) is 27.6 Å². The van der Waals surface area contributed by atoms with Crippen LogP contribution >= 0.6 is 0 Å². The van der Waals surface area contributed by atoms with Crippen LogP contribution in [0.5, 0.6) is 23.0 Å². The maximum atomic E-state index is 12.6. The first kappa shape index (κ1) is 20.6. The lowest BCUT2D eigenvalue weighted by atomic mass is 10.1. The van der Waals surface area contributed by atoms with E-state index >= 15 is 0 Å². The maximum absolute atomic E-state index is 12.6. The number of rotatable bonds is 7. The van der Waals surface area contributed by atoms with Crippen LogP contribution in [0.4, 0.5) is 5.69 Å². The molecule has 0 fully saturated rings. The van der Waals surface area contributed by atoms with Crippen LogP contribution in [-0.2, 0) is 4.79 Å². The first-order valence-corrected chi connectivity index (χ1v) is 7.97. The fraction of sp³-hybridized carbons (Fsp3) is 0.211. The number of amides is 1. The summed E-state index contributed by atoms with van der Waals surface area (Å²) in [6.45, 7) is 1.24. The van der Waals surface area contributed by atoms with Crippen molar-refractivity contribution in [1.82, 2.24) is 0 Å². The molecule has 0 bridgehead atoms. The molecule has 148 valence electrons. The molecule has 1 amide bonds. The zero-order valence-corrected chi connectivity index (χ0v) is 15.7. The second-order valence-corrected chi connectivity index (χ2v) is 5.47. The normalized spacial score (nSPS) is 10.0. The zero-order chi connectivity index (χ0) is 20.8. The molecule has 9 heteroatoms. The number of hydrogen-bond donors (Lipinski definition) is 2. The fourth-order valence-corrected chi connectivity index (χ4v) is 2.40. The molecule has 0 saturated heterocycles. The molecule has 0 unspecified atom stereocenters. The van der Waals surface area contributed by atoms with Gasteiger partial charge in [0.2, 0.25) is 0 Å². The number of carbonyl (C=O) groups excluding carboxylic acids is 2. The molecule has 2 rings (SSSR count). The van der Waals surface area contributed by atoms with E-state index in [2.05, 4.69) is 5.32 Å². The summed E-state index contributed by atoms with van der Waals surface area (Å²) in [4.78, 5) is 35.3. The summed E-state index contributed by atoms with van der Waals surface area (Å²) in [5, 5.41) is 11.9. The Kier molecular flexibility index (Phi) is 6.43. The molecule has 0 heterocycles. The maximum Gasteiger partial charge on any atom is 0.337 e. The van der Waals surface area contributed by atoms with Crippen molar-refractivity contribution in [3.05, 3.63) is 41.5 Å². The molecule has 9 nitrogen and oxygen atoms in total. The quantitative estimate of drug-likeness (QED) is 0.548. The lowest BCUT2D eigenvalue weighted by molar-refractivity contribution is -0.132. The number of carbonyl (C=O) groups is 3. The minimum atomic E-state index is -1.25. The first-order chi connectivity index (χ1) is 13.3. The van der Waals surface area contributed by atoms with Crippen LogP contribution in [0.3, 0.4) is 0 Å². The lowest BCUT2D eigenvalue weighted by Gasteiger charge is -2.14. The summed E-state index contributed by atoms with van der Waals surface area (Å²) in [6, 6.07) is 6.79. The van der Waals surface area contributed by atoms with Gasteiger partial charge in [0.15, 0.2) is 23.0 Å². The predicted octanol–water partition coefficient (Wildman–Crippen LogP) is 2.59. The molecule has 0 radical (unpaired) electrons. The van der Waals surface area contributed by atoms with E-state index in [1.807, 2.05) is 0 Å². The van der Waals surface area contributed by atoms with Gasteiger partial charge in [0, 0.05) is 24.6 Å². The summed E-state index contributed by atoms with van der Waals surface area (Å²) in [7, 11) is 4.13. The van der Waals surface area contributed by atoms with E-state index in [0.717, 1.165) is 0 Å². The van der Waals surface area contributed by atoms with Crippen LogP contribution in [0.25, 0.3) is 0 Å². The lowest BCUT2D eigenvalue weighted by Crippen LogP contribution is -2.15. The van der Waals surface area contributed by atoms with Crippen molar-refractivity contribution >= 4 is 23.5 Å². The highest BCUT2D eigenvalue weighted by Gasteiger charge is 2.19. The van der Waals surface area contributed by atoms with Gasteiger partial charge in [-0.2, -0.15) is 0 Å². The van der Waals surface area contributed by atoms with E-state index in [-0.39, 0.29) is 39.8 Å². The number of benzene rings is 2. The molecule has 2 aromatic rings. The Bertz CT molecular complexity index is 922. The second-order valence-electron chi connectivity index (χ2n) is 5.47. The molecule has 0 atom stereocenters. The van der Waals surface area contributed by atoms with Crippen molar-refractivity contribution in [1.29, 1.82) is 0 Å². The number of aromatic carboxylic acids is 1. The average Bonchev–Trinajstić information content (AvgIpc) is 2.67. The molecule has 2 aromatic carbocycles. The standard InChI is InChI=1S/C19H19NO8/c1-10(21)28-14-6-5-11(7-15(14)25-2)18(22)20-13-9-17(27-4)16(26-3)8-12(13)19(23)24/h5-9H,1-4H3,(H,20,22)(H,23,24). The third-order valence-corrected chi connectivity index (χ3v) is 3.68. The molecule has 0 aliphatic heterocycles. The SMILES string of the molecule is COc1cc(NC(=O)c2ccc(OC(C)=O)c(OC)c2)c(C(=O)O)cc1OC. The number of hydrogen-bond acceptors (Lipinski definition) is 7. The Morgan fingerprint density at radius 3 is 1.96 bits per heavy atom. The van der Waals surface area contributed by atoms with Crippen molar-refractivity contribution < 1.29 is 38.4 Å². The van der Waals surface area contributed by atoms with Gasteiger partial charge in [-0.1, -0.05) is 0 Å². The van der Waals surface area contributed by atoms with Crippen molar-refractivity contribution in [2.45, 2.75) is 6.92 Å². The van der Waals surface area contributed by atoms with E-state index in [4.69, 9.17) is 18.9 Å². The number of methoxy groups -OCH3 is 3. The number of esters is 1. The summed E-state index contributed by atoms with van der Waals surface area (Å²) < 4.78 is 20.4. The number of carboxylic acid groups (broad SMARTS) is 1. The second kappa shape index (κ2) is 8.76. The summed E-state index contributed by atoms with van der Waals surface area (Å²) in [5.74, 6) is -1.58. The first-order valence-electron chi connectivity index (χ1n) is 7.97. The zero-order valence-electron chi connectivity index (χ0n) is 15.7. The van der Waals surface area contributed by atoms with Crippen LogP contribution in [-0.4, -0.2) is 44.3 Å². The van der Waals surface area contributed by atoms with Gasteiger partial charge in [0.1, 0.15) is 0 Å². The van der Waals surface area contributed by atoms with Crippen molar-refractivity contribution in [3.63, 3.8) is 0 Å². The molecule has 0 spiro atoms. The minimum absolute atomic E-state index is 0.0261. The van der Waals surface area contributed by atoms with Gasteiger partial charge in [0.25, 0.3) is 5.91 Å². The summed E-state index contributed by atoms with van der Waals surface area (Å²) in [6.07, 6.45) is 0. The molecule has 0 aliphatic carbocycles. The van der Waals surface area contributed by atoms with Crippen LogP contribution in [0, 0.1) is 0 Å². The van der Waals surface area contributed by atoms with Gasteiger partial charge in [-0.05, 0) is 18.2 Å². The van der Waals surface area contributed by atoms with E-state index < -0.39 is 17.8 Å². The molecular formula is C19H19NO8. The van der Waals surface area contributed by atoms with Gasteiger partial charge >= 0.3 is 11.9 Å². The van der Waals surface area contributed by atoms with Gasteiger partial charge in [-0.25, -0.2) is 4.79 Å². The van der Waals surface area contributed by atoms with E-state index in [1.54, 1.807) is 0 Å². The van der Waals surface area contributed by atoms with Crippen LogP contribution in [0.15, 0.2) is 30.3 Å². The van der Waals surface area contributed by atoms with E-state index in [1.165, 1.54) is 58.6 Å². The molecule has 0 aromatic heterocycles. The fourth-order valence-electron chi connectivity index (χ4n) is 2.40. The van der Waals surface area contributed by atoms with Crippen molar-refractivity contribution in [2.24, 2.45) is 0 Å². The monoisotopic (exact) mass is 389 g/mol. The van der Waals surface area contributed by atoms with Gasteiger partial charge in [0.05, 0.1) is 32.6 Å². The largest absolute Gasteiger partial charge is 0.493 e. The average molecular weight is 389 g/mol. The van der Waals surface area contributed by atoms with Crippen molar-refractivity contribution in [2.75, 3.05) is 26.6 Å². The number of ether oxygens (including phenoxy) is 4. The third-order valence-electron chi connectivity index (χ3n) is 3.68. The predicted molar refractivity (Wildman–Crippen MR) is 98.8 cm³/mol. The van der Waals surface area contributed by atoms with Gasteiger partial charge < -0.3 is 29.4 Å². The van der Waals surface area contributed by atoms with Crippen molar-refractivity contribution in [3.8, 4) is 23.0 Å². The van der Waals surface area contributed by atoms with E-state index in [9.17, 15) is 19.5 Å². The molecule has 2 N–H and O–H groups in total. The molecule has 0 aliphatic rings. The Balaban J connectivity index is 2.39. The Morgan fingerprint density at radius 2 is 1.43 bits per heavy atom. The van der Waals surface area contributed by atoms with Gasteiger partial charge in [-0.15, -0.1) is 0 Å². The highest BCUT2D eigenvalue weighted by atomic mass is 16.6. The third kappa shape index (κ3) is 4.50. The molecule has 28 heavy (non-hydrogen) atoms. The summed E-state index contributed by atoms with van der Waals surface area (Å²) in [5.41, 5.74) is 0.0200. The Morgan fingerprint density at radius 1 is 0.857 bits per heavy atom. The van der Waals surface area contributed by atoms with Crippen LogP contribution < -0.4 is 24.3 Å². The minimum Gasteiger partial charge on any atom is -0.493 e. The number of nitrogens with one attached hydrogen (secondary N) is 1. The Labute approximate surface area is 160 Å². The van der Waals surface area contributed by atoms with E-state index in [0.29, 0.717) is 0 Å². The number of anilines is 1. The smallest absolute Gasteiger partial charge is 0.337 e. The Hall–Kier alpha value is -3.75. The highest BCUT2D eigenvalue weighted by molar-refractivity contribution is 6.08. The molecule has 0 saturated carbocycles. The van der Waals surface area contributed by atoms with Crippen LogP contribution in [0.2, 0.25) is 0 Å². The highest BCUT2D eigenvalue weighted by Crippen LogP contribution is 2.34. The topological polar surface area (TPSA) is 120 Å². The number of carboxylic acids is 1.